The second-order valence-electron chi connectivity index (χ2n) is 4.62. The number of methoxy groups -OCH3 is 1. The van der Waals surface area contributed by atoms with Crippen LogP contribution in [0, 0.1) is 0 Å². The standard InChI is InChI=1S/C14H18N6O2S/c1-8(23-14-19-12(15)18-13(16)20-14)11(21)17-7-9-5-3-4-6-10(9)22-2/h3-6,8H,7H2,1-2H3,(H,17,21)(H4,15,16,18,19,20)/t8-/m0/s1. The van der Waals surface area contributed by atoms with Crippen LogP contribution in [0.5, 0.6) is 5.75 Å². The van der Waals surface area contributed by atoms with Gasteiger partial charge in [0.15, 0.2) is 5.16 Å². The van der Waals surface area contributed by atoms with Crippen molar-refractivity contribution in [2.75, 3.05) is 18.6 Å². The molecule has 0 aliphatic heterocycles. The van der Waals surface area contributed by atoms with E-state index in [2.05, 4.69) is 20.3 Å². The van der Waals surface area contributed by atoms with Gasteiger partial charge in [0.2, 0.25) is 17.8 Å². The summed E-state index contributed by atoms with van der Waals surface area (Å²) in [7, 11) is 1.59. The van der Waals surface area contributed by atoms with Gasteiger partial charge >= 0.3 is 0 Å². The van der Waals surface area contributed by atoms with E-state index in [9.17, 15) is 4.79 Å². The Bertz CT molecular complexity index is 676. The molecule has 1 amide bonds. The summed E-state index contributed by atoms with van der Waals surface area (Å²) in [5, 5.41) is 2.75. The van der Waals surface area contributed by atoms with Crippen LogP contribution < -0.4 is 21.5 Å². The molecule has 0 bridgehead atoms. The molecule has 122 valence electrons. The van der Waals surface area contributed by atoms with Crippen LogP contribution >= 0.6 is 11.8 Å². The van der Waals surface area contributed by atoms with Gasteiger partial charge in [-0.25, -0.2) is 0 Å². The number of carbonyl (C=O) groups excluding carboxylic acids is 1. The van der Waals surface area contributed by atoms with Crippen molar-refractivity contribution in [3.8, 4) is 5.75 Å². The number of rotatable bonds is 6. The number of nitrogen functional groups attached to an aromatic ring is 2. The Balaban J connectivity index is 1.94. The number of ether oxygens (including phenoxy) is 1. The highest BCUT2D eigenvalue weighted by Gasteiger charge is 2.17. The van der Waals surface area contributed by atoms with Gasteiger partial charge in [0.05, 0.1) is 12.4 Å². The van der Waals surface area contributed by atoms with E-state index in [1.807, 2.05) is 24.3 Å². The molecule has 9 heteroatoms. The van der Waals surface area contributed by atoms with Crippen LogP contribution in [0.4, 0.5) is 11.9 Å². The number of para-hydroxylation sites is 1. The molecule has 2 aromatic rings. The smallest absolute Gasteiger partial charge is 0.233 e. The van der Waals surface area contributed by atoms with Gasteiger partial charge in [-0.05, 0) is 13.0 Å². The Morgan fingerprint density at radius 3 is 2.57 bits per heavy atom. The van der Waals surface area contributed by atoms with Crippen molar-refractivity contribution in [3.05, 3.63) is 29.8 Å². The van der Waals surface area contributed by atoms with Gasteiger partial charge in [-0.1, -0.05) is 30.0 Å². The van der Waals surface area contributed by atoms with E-state index in [1.54, 1.807) is 14.0 Å². The zero-order chi connectivity index (χ0) is 16.8. The van der Waals surface area contributed by atoms with Gasteiger partial charge < -0.3 is 21.5 Å². The Labute approximate surface area is 138 Å². The Kier molecular flexibility index (Phi) is 5.58. The van der Waals surface area contributed by atoms with Gasteiger partial charge in [-0.2, -0.15) is 15.0 Å². The second kappa shape index (κ2) is 7.63. The molecule has 0 fully saturated rings. The molecule has 0 saturated carbocycles. The lowest BCUT2D eigenvalue weighted by Gasteiger charge is -2.13. The zero-order valence-electron chi connectivity index (χ0n) is 12.8. The first-order valence-electron chi connectivity index (χ1n) is 6.83. The minimum atomic E-state index is -0.411. The Morgan fingerprint density at radius 1 is 1.26 bits per heavy atom. The summed E-state index contributed by atoms with van der Waals surface area (Å²) in [5.74, 6) is 0.632. The number of anilines is 2. The molecular weight excluding hydrogens is 316 g/mol. The molecule has 0 spiro atoms. The van der Waals surface area contributed by atoms with E-state index in [-0.39, 0.29) is 17.8 Å². The summed E-state index contributed by atoms with van der Waals surface area (Å²) in [6.45, 7) is 2.12. The highest BCUT2D eigenvalue weighted by molar-refractivity contribution is 8.00. The number of benzene rings is 1. The average molecular weight is 334 g/mol. The van der Waals surface area contributed by atoms with E-state index in [0.717, 1.165) is 23.1 Å². The quantitative estimate of drug-likeness (QED) is 0.663. The van der Waals surface area contributed by atoms with E-state index in [1.165, 1.54) is 0 Å². The maximum absolute atomic E-state index is 12.2. The highest BCUT2D eigenvalue weighted by Crippen LogP contribution is 2.21. The third kappa shape index (κ3) is 4.71. The van der Waals surface area contributed by atoms with Crippen molar-refractivity contribution < 1.29 is 9.53 Å². The molecule has 1 aromatic heterocycles. The number of nitrogens with zero attached hydrogens (tertiary/aromatic N) is 3. The minimum Gasteiger partial charge on any atom is -0.496 e. The predicted octanol–water partition coefficient (Wildman–Crippen LogP) is 0.842. The molecule has 1 heterocycles. The first-order chi connectivity index (χ1) is 11.0. The zero-order valence-corrected chi connectivity index (χ0v) is 13.6. The fourth-order valence-corrected chi connectivity index (χ4v) is 2.63. The van der Waals surface area contributed by atoms with E-state index < -0.39 is 5.25 Å². The first-order valence-corrected chi connectivity index (χ1v) is 7.71. The third-order valence-electron chi connectivity index (χ3n) is 2.95. The molecular formula is C14H18N6O2S. The summed E-state index contributed by atoms with van der Waals surface area (Å²) >= 11 is 1.16. The molecule has 0 aliphatic carbocycles. The van der Waals surface area contributed by atoms with Gasteiger partial charge in [0, 0.05) is 12.1 Å². The Morgan fingerprint density at radius 2 is 1.91 bits per heavy atom. The van der Waals surface area contributed by atoms with Crippen molar-refractivity contribution >= 4 is 29.6 Å². The number of nitrogens with two attached hydrogens (primary N) is 2. The minimum absolute atomic E-state index is 0.0293. The van der Waals surface area contributed by atoms with Crippen LogP contribution in [-0.4, -0.2) is 33.2 Å². The maximum Gasteiger partial charge on any atom is 0.233 e. The normalized spacial score (nSPS) is 11.7. The van der Waals surface area contributed by atoms with E-state index in [4.69, 9.17) is 16.2 Å². The van der Waals surface area contributed by atoms with Crippen molar-refractivity contribution in [2.45, 2.75) is 23.9 Å². The molecule has 0 saturated heterocycles. The lowest BCUT2D eigenvalue weighted by molar-refractivity contribution is -0.120. The summed E-state index contributed by atoms with van der Waals surface area (Å²) < 4.78 is 5.25. The molecule has 1 atom stereocenters. The molecule has 1 aromatic carbocycles. The van der Waals surface area contributed by atoms with Gasteiger partial charge in [0.1, 0.15) is 5.75 Å². The number of thioether (sulfide) groups is 1. The third-order valence-corrected chi connectivity index (χ3v) is 3.91. The fourth-order valence-electron chi connectivity index (χ4n) is 1.83. The molecule has 0 aliphatic rings. The number of hydrogen-bond acceptors (Lipinski definition) is 8. The van der Waals surface area contributed by atoms with Crippen molar-refractivity contribution in [2.24, 2.45) is 0 Å². The highest BCUT2D eigenvalue weighted by atomic mass is 32.2. The molecule has 0 unspecified atom stereocenters. The maximum atomic E-state index is 12.2. The number of nitrogens with one attached hydrogen (secondary N) is 1. The van der Waals surface area contributed by atoms with Crippen molar-refractivity contribution in [1.29, 1.82) is 0 Å². The second-order valence-corrected chi connectivity index (χ2v) is 5.93. The van der Waals surface area contributed by atoms with E-state index >= 15 is 0 Å². The average Bonchev–Trinajstić information content (AvgIpc) is 2.51. The number of hydrogen-bond donors (Lipinski definition) is 3. The SMILES string of the molecule is COc1ccccc1CNC(=O)[C@H](C)Sc1nc(N)nc(N)n1. The van der Waals surface area contributed by atoms with E-state index in [0.29, 0.717) is 11.7 Å². The molecule has 2 rings (SSSR count). The van der Waals surface area contributed by atoms with Gasteiger partial charge in [-0.15, -0.1) is 0 Å². The Hall–Kier alpha value is -2.55. The lowest BCUT2D eigenvalue weighted by atomic mass is 10.2. The van der Waals surface area contributed by atoms with Crippen molar-refractivity contribution in [3.63, 3.8) is 0 Å². The fraction of sp³-hybridized carbons (Fsp3) is 0.286. The summed E-state index contributed by atoms with van der Waals surface area (Å²) in [6.07, 6.45) is 0. The summed E-state index contributed by atoms with van der Waals surface area (Å²) in [6, 6.07) is 7.50. The van der Waals surface area contributed by atoms with Crippen LogP contribution in [0.1, 0.15) is 12.5 Å². The molecule has 0 radical (unpaired) electrons. The largest absolute Gasteiger partial charge is 0.496 e. The number of aromatic nitrogens is 3. The van der Waals surface area contributed by atoms with Crippen LogP contribution in [0.2, 0.25) is 0 Å². The topological polar surface area (TPSA) is 129 Å². The van der Waals surface area contributed by atoms with Crippen LogP contribution in [-0.2, 0) is 11.3 Å². The summed E-state index contributed by atoms with van der Waals surface area (Å²) in [4.78, 5) is 23.8. The number of carbonyl (C=O) groups is 1. The molecule has 5 N–H and O–H groups in total. The number of amides is 1. The van der Waals surface area contributed by atoms with Gasteiger partial charge in [-0.3, -0.25) is 4.79 Å². The van der Waals surface area contributed by atoms with Crippen LogP contribution in [0.25, 0.3) is 0 Å². The van der Waals surface area contributed by atoms with Crippen molar-refractivity contribution in [1.82, 2.24) is 20.3 Å². The molecule has 23 heavy (non-hydrogen) atoms. The predicted molar refractivity (Wildman–Crippen MR) is 88.8 cm³/mol. The monoisotopic (exact) mass is 334 g/mol. The molecule has 8 nitrogen and oxygen atoms in total. The lowest BCUT2D eigenvalue weighted by Crippen LogP contribution is -2.30. The van der Waals surface area contributed by atoms with Gasteiger partial charge in [0.25, 0.3) is 0 Å². The summed E-state index contributed by atoms with van der Waals surface area (Å²) in [5.41, 5.74) is 11.9. The first kappa shape index (κ1) is 16.8. The van der Waals surface area contributed by atoms with Crippen LogP contribution in [0.3, 0.4) is 0 Å². The van der Waals surface area contributed by atoms with Crippen LogP contribution in [0.15, 0.2) is 29.4 Å².